The Hall–Kier alpha value is -1.56. The Kier molecular flexibility index (Phi) is 1.26. The van der Waals surface area contributed by atoms with Crippen LogP contribution in [0.25, 0.3) is 0 Å². The van der Waals surface area contributed by atoms with Crippen molar-refractivity contribution in [3.05, 3.63) is 18.1 Å². The Morgan fingerprint density at radius 3 is 3.00 bits per heavy atom. The van der Waals surface area contributed by atoms with Crippen LogP contribution in [0.1, 0.15) is 5.82 Å². The first kappa shape index (κ1) is 6.17. The average Bonchev–Trinajstić information content (AvgIpc) is 2.55. The zero-order valence-corrected chi connectivity index (χ0v) is 5.94. The number of nitrogens with zero attached hydrogens (tertiary/aromatic N) is 4. The summed E-state index contributed by atoms with van der Waals surface area (Å²) in [5.41, 5.74) is 0.760. The Morgan fingerprint density at radius 2 is 2.45 bits per heavy atom. The first-order valence-electron chi connectivity index (χ1n) is 3.20. The maximum atomic E-state index is 4.17. The van der Waals surface area contributed by atoms with Gasteiger partial charge < -0.3 is 0 Å². The van der Waals surface area contributed by atoms with Crippen molar-refractivity contribution in [3.63, 3.8) is 0 Å². The number of allylic oxidation sites excluding steroid dienone is 1. The zero-order valence-electron chi connectivity index (χ0n) is 5.94. The summed E-state index contributed by atoms with van der Waals surface area (Å²) in [4.78, 5) is 0. The number of hydrogen-bond acceptors (Lipinski definition) is 4. The van der Waals surface area contributed by atoms with Gasteiger partial charge in [-0.1, -0.05) is 5.10 Å². The monoisotopic (exact) mass is 151 g/mol. The SMILES string of the molecule is C[NH+]1C=CC(c2nn[nH]n2)=N1. The van der Waals surface area contributed by atoms with E-state index in [0.717, 1.165) is 10.7 Å². The van der Waals surface area contributed by atoms with Crippen molar-refractivity contribution in [2.24, 2.45) is 5.10 Å². The van der Waals surface area contributed by atoms with Crippen LogP contribution >= 0.6 is 0 Å². The molecule has 56 valence electrons. The van der Waals surface area contributed by atoms with Crippen LogP contribution in [0.15, 0.2) is 17.4 Å². The summed E-state index contributed by atoms with van der Waals surface area (Å²) >= 11 is 0. The molecule has 1 aromatic heterocycles. The highest BCUT2D eigenvalue weighted by molar-refractivity contribution is 6.05. The van der Waals surface area contributed by atoms with Gasteiger partial charge in [0, 0.05) is 6.08 Å². The number of nitrogens with one attached hydrogen (secondary N) is 2. The molecule has 0 aromatic carbocycles. The molecule has 1 aliphatic heterocycles. The molecule has 0 bridgehead atoms. The Labute approximate surface area is 62.6 Å². The van der Waals surface area contributed by atoms with E-state index in [1.807, 2.05) is 19.3 Å². The van der Waals surface area contributed by atoms with E-state index in [1.165, 1.54) is 0 Å². The molecule has 2 N–H and O–H groups in total. The van der Waals surface area contributed by atoms with E-state index in [4.69, 9.17) is 0 Å². The second-order valence-electron chi connectivity index (χ2n) is 2.21. The summed E-state index contributed by atoms with van der Waals surface area (Å²) in [6, 6.07) is 0. The van der Waals surface area contributed by atoms with Gasteiger partial charge in [-0.25, -0.2) is 0 Å². The Morgan fingerprint density at radius 1 is 1.55 bits per heavy atom. The number of aromatic nitrogens is 4. The highest BCUT2D eigenvalue weighted by atomic mass is 15.5. The predicted molar refractivity (Wildman–Crippen MR) is 36.7 cm³/mol. The summed E-state index contributed by atoms with van der Waals surface area (Å²) < 4.78 is 0. The van der Waals surface area contributed by atoms with E-state index in [-0.39, 0.29) is 0 Å². The number of tetrazole rings is 1. The second-order valence-corrected chi connectivity index (χ2v) is 2.21. The largest absolute Gasteiger partial charge is 0.228 e. The fourth-order valence-electron chi connectivity index (χ4n) is 0.859. The number of hydrogen-bond donors (Lipinski definition) is 2. The summed E-state index contributed by atoms with van der Waals surface area (Å²) in [5.74, 6) is 0.540. The van der Waals surface area contributed by atoms with Crippen molar-refractivity contribution < 1.29 is 5.01 Å². The number of aromatic amines is 1. The molecule has 1 aliphatic rings. The quantitative estimate of drug-likeness (QED) is 0.485. The van der Waals surface area contributed by atoms with Crippen LogP contribution < -0.4 is 5.01 Å². The van der Waals surface area contributed by atoms with Crippen LogP contribution in [-0.4, -0.2) is 33.4 Å². The molecular weight excluding hydrogens is 144 g/mol. The zero-order chi connectivity index (χ0) is 7.68. The van der Waals surface area contributed by atoms with Gasteiger partial charge in [0.1, 0.15) is 6.20 Å². The van der Waals surface area contributed by atoms with E-state index in [2.05, 4.69) is 25.7 Å². The van der Waals surface area contributed by atoms with Crippen molar-refractivity contribution in [2.75, 3.05) is 7.05 Å². The van der Waals surface area contributed by atoms with Gasteiger partial charge in [-0.3, -0.25) is 0 Å². The van der Waals surface area contributed by atoms with Crippen LogP contribution in [0.3, 0.4) is 0 Å². The van der Waals surface area contributed by atoms with Crippen molar-refractivity contribution in [3.8, 4) is 0 Å². The first-order valence-corrected chi connectivity index (χ1v) is 3.20. The fourth-order valence-corrected chi connectivity index (χ4v) is 0.859. The summed E-state index contributed by atoms with van der Waals surface area (Å²) in [5, 5.41) is 18.5. The molecule has 0 fully saturated rings. The highest BCUT2D eigenvalue weighted by Crippen LogP contribution is 1.91. The molecule has 1 unspecified atom stereocenters. The van der Waals surface area contributed by atoms with Crippen LogP contribution in [0.2, 0.25) is 0 Å². The maximum absolute atomic E-state index is 4.17. The normalized spacial score (nSPS) is 22.3. The van der Waals surface area contributed by atoms with Gasteiger partial charge in [0.25, 0.3) is 0 Å². The molecule has 6 nitrogen and oxygen atoms in total. The molecule has 2 heterocycles. The highest BCUT2D eigenvalue weighted by Gasteiger charge is 2.14. The lowest BCUT2D eigenvalue weighted by molar-refractivity contribution is -0.829. The fraction of sp³-hybridized carbons (Fsp3) is 0.200. The minimum atomic E-state index is 0.540. The predicted octanol–water partition coefficient (Wildman–Crippen LogP) is -2.05. The number of rotatable bonds is 1. The van der Waals surface area contributed by atoms with Crippen LogP contribution in [0, 0.1) is 0 Å². The lowest BCUT2D eigenvalue weighted by atomic mass is 10.4. The van der Waals surface area contributed by atoms with Crippen molar-refractivity contribution >= 4 is 5.71 Å². The molecular formula is C5H7N6+. The molecule has 0 saturated heterocycles. The van der Waals surface area contributed by atoms with Gasteiger partial charge in [0.05, 0.1) is 7.05 Å². The van der Waals surface area contributed by atoms with Gasteiger partial charge in [-0.15, -0.1) is 10.2 Å². The smallest absolute Gasteiger partial charge is 0.185 e. The van der Waals surface area contributed by atoms with Crippen molar-refractivity contribution in [2.45, 2.75) is 0 Å². The molecule has 0 amide bonds. The van der Waals surface area contributed by atoms with E-state index >= 15 is 0 Å². The van der Waals surface area contributed by atoms with E-state index in [9.17, 15) is 0 Å². The molecule has 6 heteroatoms. The third-order valence-electron chi connectivity index (χ3n) is 1.35. The van der Waals surface area contributed by atoms with Gasteiger partial charge in [-0.2, -0.15) is 10.2 Å². The van der Waals surface area contributed by atoms with E-state index in [0.29, 0.717) is 5.82 Å². The molecule has 2 rings (SSSR count). The number of H-pyrrole nitrogens is 1. The van der Waals surface area contributed by atoms with Crippen LogP contribution in [-0.2, 0) is 0 Å². The molecule has 0 saturated carbocycles. The molecule has 0 aliphatic carbocycles. The Bertz CT molecular complexity index is 297. The third-order valence-corrected chi connectivity index (χ3v) is 1.35. The number of quaternary nitrogens is 1. The molecule has 1 aromatic rings. The van der Waals surface area contributed by atoms with Gasteiger partial charge in [0.15, 0.2) is 5.71 Å². The summed E-state index contributed by atoms with van der Waals surface area (Å²) in [6.07, 6.45) is 3.77. The average molecular weight is 151 g/mol. The topological polar surface area (TPSA) is 71.3 Å². The minimum Gasteiger partial charge on any atom is -0.185 e. The van der Waals surface area contributed by atoms with Gasteiger partial charge in [0.2, 0.25) is 5.82 Å². The summed E-state index contributed by atoms with van der Waals surface area (Å²) in [6.45, 7) is 0. The van der Waals surface area contributed by atoms with E-state index < -0.39 is 0 Å². The minimum absolute atomic E-state index is 0.540. The molecule has 0 spiro atoms. The first-order chi connectivity index (χ1) is 5.36. The third kappa shape index (κ3) is 1.03. The van der Waals surface area contributed by atoms with Gasteiger partial charge in [-0.05, 0) is 5.21 Å². The van der Waals surface area contributed by atoms with Crippen molar-refractivity contribution in [1.29, 1.82) is 0 Å². The second kappa shape index (κ2) is 2.24. The maximum Gasteiger partial charge on any atom is 0.228 e. The molecule has 0 radical (unpaired) electrons. The van der Waals surface area contributed by atoms with Crippen molar-refractivity contribution in [1.82, 2.24) is 20.6 Å². The summed E-state index contributed by atoms with van der Waals surface area (Å²) in [7, 11) is 1.92. The lowest BCUT2D eigenvalue weighted by Crippen LogP contribution is -2.98. The van der Waals surface area contributed by atoms with E-state index in [1.54, 1.807) is 0 Å². The standard InChI is InChI=1S/C5H6N6/c1-11-3-2-4(8-11)5-6-9-10-7-5/h2-3H,1H3,(H,6,7,9,10)/p+1. The lowest BCUT2D eigenvalue weighted by Gasteiger charge is -1.89. The molecule has 1 atom stereocenters. The van der Waals surface area contributed by atoms with Crippen LogP contribution in [0.4, 0.5) is 0 Å². The van der Waals surface area contributed by atoms with Crippen LogP contribution in [0.5, 0.6) is 0 Å². The molecule has 11 heavy (non-hydrogen) atoms. The Balaban J connectivity index is 2.33. The van der Waals surface area contributed by atoms with Gasteiger partial charge >= 0.3 is 0 Å².